The summed E-state index contributed by atoms with van der Waals surface area (Å²) < 4.78 is 19.4. The molecule has 0 aromatic heterocycles. The van der Waals surface area contributed by atoms with Gasteiger partial charge in [0, 0.05) is 22.2 Å². The normalized spacial score (nSPS) is 18.8. The molecule has 0 atom stereocenters. The standard InChI is InChI=1S/C20H16ClFO/c1-2-17-20(13-3-4-13)19(12-5-8-15(22)9-6-12)16-10-7-14(21)11-18(16)23-17/h2,5-11,13H,3-4H2,1H3/b17-2-. The van der Waals surface area contributed by atoms with E-state index in [1.165, 1.54) is 30.5 Å². The number of ether oxygens (including phenoxy) is 1. The topological polar surface area (TPSA) is 9.23 Å². The van der Waals surface area contributed by atoms with Crippen molar-refractivity contribution >= 4 is 17.2 Å². The highest BCUT2D eigenvalue weighted by molar-refractivity contribution is 6.30. The summed E-state index contributed by atoms with van der Waals surface area (Å²) in [4.78, 5) is 0. The third kappa shape index (κ3) is 2.57. The van der Waals surface area contributed by atoms with E-state index in [9.17, 15) is 4.39 Å². The van der Waals surface area contributed by atoms with Gasteiger partial charge in [0.15, 0.2) is 0 Å². The van der Waals surface area contributed by atoms with Crippen LogP contribution in [0.4, 0.5) is 4.39 Å². The van der Waals surface area contributed by atoms with Crippen molar-refractivity contribution in [3.05, 3.63) is 81.8 Å². The van der Waals surface area contributed by atoms with E-state index in [1.54, 1.807) is 0 Å². The van der Waals surface area contributed by atoms with Crippen LogP contribution in [0, 0.1) is 11.7 Å². The van der Waals surface area contributed by atoms with Crippen LogP contribution in [-0.2, 0) is 0 Å². The van der Waals surface area contributed by atoms with E-state index >= 15 is 0 Å². The molecule has 0 saturated heterocycles. The molecular weight excluding hydrogens is 311 g/mol. The second-order valence-corrected chi connectivity index (χ2v) is 6.40. The van der Waals surface area contributed by atoms with Gasteiger partial charge in [-0.2, -0.15) is 0 Å². The maximum atomic E-state index is 13.3. The number of hydrogen-bond donors (Lipinski definition) is 0. The Balaban J connectivity index is 2.00. The van der Waals surface area contributed by atoms with Crippen molar-refractivity contribution in [3.63, 3.8) is 0 Å². The molecule has 1 saturated carbocycles. The lowest BCUT2D eigenvalue weighted by Crippen LogP contribution is -2.12. The predicted molar refractivity (Wildman–Crippen MR) is 91.0 cm³/mol. The Morgan fingerprint density at radius 2 is 1.87 bits per heavy atom. The highest BCUT2D eigenvalue weighted by atomic mass is 35.5. The van der Waals surface area contributed by atoms with Gasteiger partial charge in [-0.05, 0) is 67.2 Å². The third-order valence-electron chi connectivity index (χ3n) is 4.35. The predicted octanol–water partition coefficient (Wildman–Crippen LogP) is 5.99. The van der Waals surface area contributed by atoms with Crippen LogP contribution in [0.15, 0.2) is 59.9 Å². The van der Waals surface area contributed by atoms with Crippen molar-refractivity contribution < 1.29 is 9.13 Å². The number of halogens is 2. The van der Waals surface area contributed by atoms with E-state index in [1.807, 2.05) is 43.3 Å². The molecule has 0 spiro atoms. The molecule has 3 heteroatoms. The summed E-state index contributed by atoms with van der Waals surface area (Å²) in [6.45, 7) is 1.98. The van der Waals surface area contributed by atoms with Crippen LogP contribution >= 0.6 is 11.6 Å². The van der Waals surface area contributed by atoms with E-state index < -0.39 is 0 Å². The largest absolute Gasteiger partial charge is 0.457 e. The van der Waals surface area contributed by atoms with Crippen molar-refractivity contribution in [1.82, 2.24) is 0 Å². The van der Waals surface area contributed by atoms with E-state index in [4.69, 9.17) is 16.3 Å². The molecule has 1 aliphatic heterocycles. The molecule has 0 unspecified atom stereocenters. The quantitative estimate of drug-likeness (QED) is 0.659. The Labute approximate surface area is 140 Å². The average molecular weight is 327 g/mol. The van der Waals surface area contributed by atoms with Gasteiger partial charge in [-0.3, -0.25) is 0 Å². The number of allylic oxidation sites excluding steroid dienone is 2. The molecule has 0 bridgehead atoms. The molecule has 1 heterocycles. The fourth-order valence-corrected chi connectivity index (χ4v) is 3.31. The number of benzene rings is 2. The minimum Gasteiger partial charge on any atom is -0.457 e. The monoisotopic (exact) mass is 326 g/mol. The van der Waals surface area contributed by atoms with Gasteiger partial charge in [0.05, 0.1) is 0 Å². The Kier molecular flexibility index (Phi) is 3.50. The zero-order chi connectivity index (χ0) is 16.0. The van der Waals surface area contributed by atoms with Crippen LogP contribution in [0.25, 0.3) is 5.57 Å². The van der Waals surface area contributed by atoms with Crippen LogP contribution in [0.2, 0.25) is 5.02 Å². The molecule has 1 nitrogen and oxygen atoms in total. The molecule has 1 aliphatic carbocycles. The number of fused-ring (bicyclic) bond motifs is 1. The average Bonchev–Trinajstić information content (AvgIpc) is 3.38. The first-order valence-corrected chi connectivity index (χ1v) is 8.19. The second kappa shape index (κ2) is 5.54. The van der Waals surface area contributed by atoms with Crippen LogP contribution in [0.1, 0.15) is 30.9 Å². The molecule has 2 aromatic rings. The maximum absolute atomic E-state index is 13.3. The van der Waals surface area contributed by atoms with Crippen molar-refractivity contribution in [1.29, 1.82) is 0 Å². The third-order valence-corrected chi connectivity index (χ3v) is 4.58. The summed E-state index contributed by atoms with van der Waals surface area (Å²) in [7, 11) is 0. The molecular formula is C20H16ClFO. The molecule has 0 N–H and O–H groups in total. The lowest BCUT2D eigenvalue weighted by Gasteiger charge is -2.26. The zero-order valence-electron chi connectivity index (χ0n) is 12.8. The van der Waals surface area contributed by atoms with Crippen LogP contribution in [0.3, 0.4) is 0 Å². The van der Waals surface area contributed by atoms with E-state index in [2.05, 4.69) is 0 Å². The van der Waals surface area contributed by atoms with Gasteiger partial charge in [0.2, 0.25) is 0 Å². The number of hydrogen-bond acceptors (Lipinski definition) is 1. The highest BCUT2D eigenvalue weighted by Gasteiger charge is 2.36. The van der Waals surface area contributed by atoms with Crippen LogP contribution in [-0.4, -0.2) is 0 Å². The molecule has 0 radical (unpaired) electrons. The summed E-state index contributed by atoms with van der Waals surface area (Å²) in [5.74, 6) is 1.94. The van der Waals surface area contributed by atoms with Crippen LogP contribution < -0.4 is 4.74 Å². The fourth-order valence-electron chi connectivity index (χ4n) is 3.15. The summed E-state index contributed by atoms with van der Waals surface area (Å²) in [6.07, 6.45) is 4.34. The zero-order valence-corrected chi connectivity index (χ0v) is 13.5. The summed E-state index contributed by atoms with van der Waals surface area (Å²) in [5.41, 5.74) is 4.40. The van der Waals surface area contributed by atoms with Crippen molar-refractivity contribution in [2.45, 2.75) is 19.8 Å². The molecule has 116 valence electrons. The van der Waals surface area contributed by atoms with E-state index in [0.717, 1.165) is 28.2 Å². The van der Waals surface area contributed by atoms with Crippen LogP contribution in [0.5, 0.6) is 5.75 Å². The summed E-state index contributed by atoms with van der Waals surface area (Å²) >= 11 is 6.13. The lowest BCUT2D eigenvalue weighted by atomic mass is 9.87. The van der Waals surface area contributed by atoms with Gasteiger partial charge >= 0.3 is 0 Å². The molecule has 23 heavy (non-hydrogen) atoms. The maximum Gasteiger partial charge on any atom is 0.136 e. The summed E-state index contributed by atoms with van der Waals surface area (Å²) in [6, 6.07) is 12.4. The molecule has 0 amide bonds. The summed E-state index contributed by atoms with van der Waals surface area (Å²) in [5, 5.41) is 0.646. The molecule has 2 aromatic carbocycles. The minimum absolute atomic E-state index is 0.225. The molecule has 4 rings (SSSR count). The Hall–Kier alpha value is -2.06. The highest BCUT2D eigenvalue weighted by Crippen LogP contribution is 2.50. The van der Waals surface area contributed by atoms with E-state index in [0.29, 0.717) is 10.9 Å². The van der Waals surface area contributed by atoms with Gasteiger partial charge in [0.25, 0.3) is 0 Å². The molecule has 1 fully saturated rings. The van der Waals surface area contributed by atoms with E-state index in [-0.39, 0.29) is 5.82 Å². The SMILES string of the molecule is C/C=C1\Oc2cc(Cl)ccc2C(c2ccc(F)cc2)=C1C1CC1. The molecule has 2 aliphatic rings. The van der Waals surface area contributed by atoms with Crippen molar-refractivity contribution in [3.8, 4) is 5.75 Å². The second-order valence-electron chi connectivity index (χ2n) is 5.97. The Bertz CT molecular complexity index is 829. The van der Waals surface area contributed by atoms with Crippen molar-refractivity contribution in [2.24, 2.45) is 5.92 Å². The first kappa shape index (κ1) is 14.5. The fraction of sp³-hybridized carbons (Fsp3) is 0.200. The van der Waals surface area contributed by atoms with Gasteiger partial charge in [-0.1, -0.05) is 23.7 Å². The number of rotatable bonds is 2. The smallest absolute Gasteiger partial charge is 0.136 e. The first-order chi connectivity index (χ1) is 11.2. The first-order valence-electron chi connectivity index (χ1n) is 7.82. The Morgan fingerprint density at radius 1 is 1.13 bits per heavy atom. The Morgan fingerprint density at radius 3 is 2.52 bits per heavy atom. The van der Waals surface area contributed by atoms with Gasteiger partial charge in [-0.15, -0.1) is 0 Å². The van der Waals surface area contributed by atoms with Gasteiger partial charge in [-0.25, -0.2) is 4.39 Å². The lowest BCUT2D eigenvalue weighted by molar-refractivity contribution is 0.422. The van der Waals surface area contributed by atoms with Gasteiger partial charge < -0.3 is 4.74 Å². The minimum atomic E-state index is -0.225. The van der Waals surface area contributed by atoms with Crippen molar-refractivity contribution in [2.75, 3.05) is 0 Å². The van der Waals surface area contributed by atoms with Gasteiger partial charge in [0.1, 0.15) is 17.3 Å².